The number of aliphatic imine (C=N–C) groups is 1. The molecule has 7 heteroatoms. The van der Waals surface area contributed by atoms with Gasteiger partial charge in [0.25, 0.3) is 0 Å². The maximum absolute atomic E-state index is 5.77. The predicted molar refractivity (Wildman–Crippen MR) is 94.8 cm³/mol. The van der Waals surface area contributed by atoms with E-state index < -0.39 is 0 Å². The van der Waals surface area contributed by atoms with Gasteiger partial charge >= 0.3 is 0 Å². The summed E-state index contributed by atoms with van der Waals surface area (Å²) in [5.41, 5.74) is 5.77. The maximum Gasteiger partial charge on any atom is 0.188 e. The Morgan fingerprint density at radius 1 is 1.37 bits per heavy atom. The van der Waals surface area contributed by atoms with Gasteiger partial charge < -0.3 is 15.8 Å². The fraction of sp³-hybridized carbons (Fsp3) is 0.917. The van der Waals surface area contributed by atoms with Gasteiger partial charge in [0.2, 0.25) is 0 Å². The zero-order chi connectivity index (χ0) is 13.1. The molecule has 1 aliphatic heterocycles. The molecule has 0 aliphatic carbocycles. The maximum atomic E-state index is 5.77. The number of hydrogen-bond acceptors (Lipinski definition) is 4. The lowest BCUT2D eigenvalue weighted by atomic mass is 10.3. The fourth-order valence-electron chi connectivity index (χ4n) is 1.81. The van der Waals surface area contributed by atoms with E-state index >= 15 is 0 Å². The van der Waals surface area contributed by atoms with E-state index in [-0.39, 0.29) is 24.0 Å². The second kappa shape index (κ2) is 13.3. The number of hydrogen-bond donors (Lipinski definition) is 2. The lowest BCUT2D eigenvalue weighted by Crippen LogP contribution is -2.39. The standard InChI is InChI=1S/C12H26N4OS.HI/c1-18-11-3-5-15-12(13)14-4-2-6-16-7-9-17-10-8-16;/h2-11H2,1H3,(H3,13,14,15);1H. The number of rotatable bonds is 8. The molecule has 0 aromatic heterocycles. The summed E-state index contributed by atoms with van der Waals surface area (Å²) in [6.07, 6.45) is 4.30. The first-order valence-corrected chi connectivity index (χ1v) is 8.05. The third-order valence-corrected chi connectivity index (χ3v) is 3.55. The highest BCUT2D eigenvalue weighted by molar-refractivity contribution is 14.0. The zero-order valence-corrected chi connectivity index (χ0v) is 14.9. The Kier molecular flexibility index (Phi) is 13.5. The lowest BCUT2D eigenvalue weighted by Gasteiger charge is -2.26. The number of thioether (sulfide) groups is 1. The number of ether oxygens (including phenoxy) is 1. The first-order valence-electron chi connectivity index (χ1n) is 6.66. The molecule has 114 valence electrons. The Labute approximate surface area is 138 Å². The molecule has 1 heterocycles. The van der Waals surface area contributed by atoms with Crippen molar-refractivity contribution < 1.29 is 4.74 Å². The third-order valence-electron chi connectivity index (χ3n) is 2.85. The minimum Gasteiger partial charge on any atom is -0.379 e. The molecule has 1 aliphatic rings. The van der Waals surface area contributed by atoms with Crippen LogP contribution in [0.2, 0.25) is 0 Å². The second-order valence-electron chi connectivity index (χ2n) is 4.35. The average molecular weight is 402 g/mol. The first-order chi connectivity index (χ1) is 8.83. The van der Waals surface area contributed by atoms with Crippen molar-refractivity contribution in [2.24, 2.45) is 10.7 Å². The van der Waals surface area contributed by atoms with Gasteiger partial charge in [-0.25, -0.2) is 0 Å². The highest BCUT2D eigenvalue weighted by Crippen LogP contribution is 1.97. The van der Waals surface area contributed by atoms with Crippen LogP contribution in [0.5, 0.6) is 0 Å². The van der Waals surface area contributed by atoms with Gasteiger partial charge in [-0.1, -0.05) is 0 Å². The number of nitrogens with one attached hydrogen (secondary N) is 1. The molecular weight excluding hydrogens is 375 g/mol. The van der Waals surface area contributed by atoms with Gasteiger partial charge in [0.05, 0.1) is 13.2 Å². The monoisotopic (exact) mass is 402 g/mol. The van der Waals surface area contributed by atoms with Crippen LogP contribution in [0.15, 0.2) is 4.99 Å². The highest BCUT2D eigenvalue weighted by atomic mass is 127. The Balaban J connectivity index is 0.00000324. The SMILES string of the molecule is CSCCCN=C(N)NCCCN1CCOCC1.I. The largest absolute Gasteiger partial charge is 0.379 e. The number of nitrogens with zero attached hydrogens (tertiary/aromatic N) is 2. The molecule has 1 fully saturated rings. The van der Waals surface area contributed by atoms with Crippen molar-refractivity contribution in [3.8, 4) is 0 Å². The van der Waals surface area contributed by atoms with Crippen molar-refractivity contribution in [3.05, 3.63) is 0 Å². The first kappa shape index (κ1) is 19.3. The quantitative estimate of drug-likeness (QED) is 0.274. The minimum absolute atomic E-state index is 0. The van der Waals surface area contributed by atoms with E-state index in [4.69, 9.17) is 10.5 Å². The van der Waals surface area contributed by atoms with Crippen molar-refractivity contribution in [1.29, 1.82) is 0 Å². The van der Waals surface area contributed by atoms with E-state index in [0.29, 0.717) is 5.96 Å². The molecule has 0 aromatic rings. The average Bonchev–Trinajstić information content (AvgIpc) is 2.41. The molecule has 3 N–H and O–H groups in total. The third kappa shape index (κ3) is 10.7. The lowest BCUT2D eigenvalue weighted by molar-refractivity contribution is 0.0376. The summed E-state index contributed by atoms with van der Waals surface area (Å²) in [5, 5.41) is 3.16. The van der Waals surface area contributed by atoms with Gasteiger partial charge in [-0.05, 0) is 31.4 Å². The molecule has 0 amide bonds. The molecule has 0 bridgehead atoms. The van der Waals surface area contributed by atoms with E-state index in [1.807, 2.05) is 11.8 Å². The second-order valence-corrected chi connectivity index (χ2v) is 5.33. The molecule has 0 atom stereocenters. The van der Waals surface area contributed by atoms with Gasteiger partial charge in [-0.15, -0.1) is 24.0 Å². The van der Waals surface area contributed by atoms with Gasteiger partial charge in [0.15, 0.2) is 5.96 Å². The smallest absolute Gasteiger partial charge is 0.188 e. The van der Waals surface area contributed by atoms with Crippen LogP contribution in [0.3, 0.4) is 0 Å². The Morgan fingerprint density at radius 2 is 2.11 bits per heavy atom. The van der Waals surface area contributed by atoms with E-state index in [9.17, 15) is 0 Å². The Morgan fingerprint density at radius 3 is 2.79 bits per heavy atom. The summed E-state index contributed by atoms with van der Waals surface area (Å²) in [5.74, 6) is 1.73. The van der Waals surface area contributed by atoms with Crippen molar-refractivity contribution in [2.45, 2.75) is 12.8 Å². The van der Waals surface area contributed by atoms with Gasteiger partial charge in [-0.2, -0.15) is 11.8 Å². The van der Waals surface area contributed by atoms with Crippen molar-refractivity contribution >= 4 is 41.7 Å². The number of morpholine rings is 1. The predicted octanol–water partition coefficient (Wildman–Crippen LogP) is 0.984. The van der Waals surface area contributed by atoms with Crippen LogP contribution in [0.4, 0.5) is 0 Å². The van der Waals surface area contributed by atoms with Crippen LogP contribution >= 0.6 is 35.7 Å². The summed E-state index contributed by atoms with van der Waals surface area (Å²) in [6.45, 7) is 6.67. The Bertz CT molecular complexity index is 238. The van der Waals surface area contributed by atoms with Crippen LogP contribution in [0, 0.1) is 0 Å². The van der Waals surface area contributed by atoms with Crippen molar-refractivity contribution in [2.75, 3.05) is 57.9 Å². The molecule has 1 rings (SSSR count). The van der Waals surface area contributed by atoms with Gasteiger partial charge in [-0.3, -0.25) is 9.89 Å². The summed E-state index contributed by atoms with van der Waals surface area (Å²) >= 11 is 1.84. The number of halogens is 1. The Hall–Kier alpha value is 0.270. The van der Waals surface area contributed by atoms with Crippen LogP contribution in [0.1, 0.15) is 12.8 Å². The zero-order valence-electron chi connectivity index (χ0n) is 11.8. The molecule has 0 radical (unpaired) electrons. The molecule has 0 spiro atoms. The topological polar surface area (TPSA) is 62.9 Å². The molecular formula is C12H27IN4OS. The summed E-state index contributed by atoms with van der Waals surface area (Å²) < 4.78 is 5.31. The van der Waals surface area contributed by atoms with E-state index in [1.165, 1.54) is 0 Å². The normalized spacial score (nSPS) is 17.0. The molecule has 0 saturated carbocycles. The minimum atomic E-state index is 0. The van der Waals surface area contributed by atoms with Crippen LogP contribution in [-0.4, -0.2) is 68.8 Å². The fourth-order valence-corrected chi connectivity index (χ4v) is 2.23. The van der Waals surface area contributed by atoms with Crippen LogP contribution < -0.4 is 11.1 Å². The van der Waals surface area contributed by atoms with E-state index in [2.05, 4.69) is 21.5 Å². The summed E-state index contributed by atoms with van der Waals surface area (Å²) in [6, 6.07) is 0. The summed E-state index contributed by atoms with van der Waals surface area (Å²) in [7, 11) is 0. The number of guanidine groups is 1. The molecule has 19 heavy (non-hydrogen) atoms. The van der Waals surface area contributed by atoms with E-state index in [0.717, 1.165) is 64.5 Å². The van der Waals surface area contributed by atoms with Crippen LogP contribution in [-0.2, 0) is 4.74 Å². The van der Waals surface area contributed by atoms with Crippen LogP contribution in [0.25, 0.3) is 0 Å². The summed E-state index contributed by atoms with van der Waals surface area (Å²) in [4.78, 5) is 6.71. The molecule has 0 unspecified atom stereocenters. The highest BCUT2D eigenvalue weighted by Gasteiger charge is 2.08. The van der Waals surface area contributed by atoms with Crippen molar-refractivity contribution in [1.82, 2.24) is 10.2 Å². The van der Waals surface area contributed by atoms with E-state index in [1.54, 1.807) is 0 Å². The molecule has 1 saturated heterocycles. The molecule has 5 nitrogen and oxygen atoms in total. The number of nitrogens with two attached hydrogens (primary N) is 1. The van der Waals surface area contributed by atoms with Crippen molar-refractivity contribution in [3.63, 3.8) is 0 Å². The van der Waals surface area contributed by atoms with Gasteiger partial charge in [0, 0.05) is 26.2 Å². The molecule has 0 aromatic carbocycles. The van der Waals surface area contributed by atoms with Gasteiger partial charge in [0.1, 0.15) is 0 Å².